The van der Waals surface area contributed by atoms with Gasteiger partial charge in [0, 0.05) is 89.0 Å². The maximum absolute atomic E-state index is 12.3. The maximum atomic E-state index is 12.3. The van der Waals surface area contributed by atoms with Gasteiger partial charge in [0.05, 0.1) is 127 Å². The summed E-state index contributed by atoms with van der Waals surface area (Å²) in [6.45, 7) is 20.6. The summed E-state index contributed by atoms with van der Waals surface area (Å²) in [5.74, 6) is -2.66. The lowest BCUT2D eigenvalue weighted by Gasteiger charge is -2.36. The number of pyridine rings is 1. The summed E-state index contributed by atoms with van der Waals surface area (Å²) < 4.78 is 22.9. The molecule has 1 saturated heterocycles. The Balaban J connectivity index is 0.000000288. The van der Waals surface area contributed by atoms with E-state index in [1.165, 1.54) is 58.8 Å². The van der Waals surface area contributed by atoms with Crippen molar-refractivity contribution in [2.75, 3.05) is 84.3 Å². The van der Waals surface area contributed by atoms with Crippen molar-refractivity contribution >= 4 is 167 Å². The molecule has 36 heteroatoms. The lowest BCUT2D eigenvalue weighted by Crippen LogP contribution is -2.46. The van der Waals surface area contributed by atoms with Crippen LogP contribution in [0.2, 0.25) is 0 Å². The Kier molecular flexibility index (Phi) is 51.1. The third-order valence-electron chi connectivity index (χ3n) is 22.5. The molecule has 6 aliphatic heterocycles. The van der Waals surface area contributed by atoms with Gasteiger partial charge in [-0.3, -0.25) is 53.4 Å². The summed E-state index contributed by atoms with van der Waals surface area (Å²) in [6.07, 6.45) is 16.6. The molecule has 0 saturated carbocycles. The number of nitrogens with two attached hydrogens (primary N) is 2. The molecule has 13 rings (SSSR count). The summed E-state index contributed by atoms with van der Waals surface area (Å²) >= 11 is 3.42. The SMILES string of the molecule is CCCC(N)C(=O)O.CCCC(N)C(=O)OC.CCCC(Nc1ccc(C(=O)OC)cc1[N+](=O)[O-])C(=O)OC.CCCC1=Nc2ccc(C(=O)OC)cc2CC1=O.CCCC1=Nc2ccc(CBr)cc2CC1=O.CCCC1=Nc2ccc(CN3CCN(c4ccc(C(=O)NC)nc4)CC3)cc2CC1=O.CCCC1=Nc2ccc(CO)cc2CC1=O.CCCC1Nc2ccc(C(=O)OC)cc2CC1=O.Cl. The highest BCUT2D eigenvalue weighted by Gasteiger charge is 2.30. The topological polar surface area (TPSA) is 492 Å². The lowest BCUT2D eigenvalue weighted by atomic mass is 9.93. The number of carbonyl (C=O) groups excluding carboxylic acids is 11. The number of carbonyl (C=O) groups is 12. The van der Waals surface area contributed by atoms with E-state index in [1.807, 2.05) is 71.0 Å². The van der Waals surface area contributed by atoms with Crippen LogP contribution in [0.4, 0.5) is 45.5 Å². The first-order valence-electron chi connectivity index (χ1n) is 46.6. The molecule has 0 bridgehead atoms. The normalized spacial score (nSPS) is 14.6. The first-order valence-corrected chi connectivity index (χ1v) is 47.7. The number of Topliss-reactive ketones (excluding diaryl/α,β-unsaturated/α-hetero) is 5. The minimum atomic E-state index is -0.910. The number of benzene rings is 6. The van der Waals surface area contributed by atoms with Crippen molar-refractivity contribution in [2.45, 2.75) is 233 Å². The number of esters is 5. The number of halogens is 2. The molecule has 750 valence electrons. The molecule has 0 spiro atoms. The summed E-state index contributed by atoms with van der Waals surface area (Å²) in [4.78, 5) is 175. The molecule has 34 nitrogen and oxygen atoms in total. The zero-order valence-electron chi connectivity index (χ0n) is 81.9. The first-order chi connectivity index (χ1) is 66.2. The summed E-state index contributed by atoms with van der Waals surface area (Å²) in [7, 11) is 8.08. The van der Waals surface area contributed by atoms with Gasteiger partial charge < -0.3 is 66.2 Å². The van der Waals surface area contributed by atoms with Gasteiger partial charge in [0.25, 0.3) is 11.6 Å². The number of ketones is 5. The number of carboxylic acids is 1. The van der Waals surface area contributed by atoms with Crippen LogP contribution < -0.4 is 32.3 Å². The average molecular weight is 2000 g/mol. The number of nitro benzene ring substituents is 1. The Labute approximate surface area is 827 Å². The second-order valence-corrected chi connectivity index (χ2v) is 33.6. The number of nitro groups is 1. The molecular formula is C103H133BrClN13O21. The summed E-state index contributed by atoms with van der Waals surface area (Å²) in [6, 6.07) is 34.2. The van der Waals surface area contributed by atoms with Crippen LogP contribution in [0.25, 0.3) is 0 Å². The quantitative estimate of drug-likeness (QED) is 0.00697. The number of anilines is 3. The highest BCUT2D eigenvalue weighted by atomic mass is 79.9. The van der Waals surface area contributed by atoms with Gasteiger partial charge in [0.2, 0.25) is 0 Å². The fourth-order valence-electron chi connectivity index (χ4n) is 15.1. The number of aromatic nitrogens is 1. The van der Waals surface area contributed by atoms with Crippen molar-refractivity contribution in [1.82, 2.24) is 15.2 Å². The smallest absolute Gasteiger partial charge is 0.338 e. The zero-order chi connectivity index (χ0) is 102. The van der Waals surface area contributed by atoms with Crippen LogP contribution in [0.5, 0.6) is 0 Å². The van der Waals surface area contributed by atoms with Crippen LogP contribution in [0.3, 0.4) is 0 Å². The van der Waals surface area contributed by atoms with Gasteiger partial charge in [-0.1, -0.05) is 159 Å². The van der Waals surface area contributed by atoms with E-state index in [2.05, 4.69) is 141 Å². The summed E-state index contributed by atoms with van der Waals surface area (Å²) in [5.41, 5.74) is 28.0. The molecule has 0 radical (unpaired) electrons. The summed E-state index contributed by atoms with van der Waals surface area (Å²) in [5, 5.41) is 37.8. The standard InChI is InChI=1S/C24H29N5O2.C14H18N2O6.C14H17NO3.C14H15NO3.C13H14BrNO.C13H15NO2.C6H13NO2.C5H11NO2.ClH/c1-3-4-21-23(30)14-18-13-17(5-7-20(18)27-21)16-28-9-11-29(12-10-28)19-6-8-22(26-15-19)24(31)25-2;1-4-5-11(14(18)22-3)15-10-7-6-9(13(17)21-2)8-12(10)16(19)20;2*1-3-4-12-13(16)8-10-7-9(14(17)18-2)5-6-11(10)15-12;1-2-3-12-13(16)7-10-6-9(8-14)4-5-11(10)15-12;1-2-3-12-13(16)7-10-6-9(8-15)4-5-11(10)14-12;1-3-4-5(7)6(8)9-2;1-2-3-4(6)5(7)8;/h5-8,13,15H,3-4,9-12,14,16H2,1-2H3,(H,25,31);6-8,11,15H,4-5H2,1-3H3;5-7,12,15H,3-4,8H2,1-2H3;5-7H,3-4,8H2,1-2H3;4-6H,2-3,7-8H2,1H3;4-6,15H,2-3,7-8H2,1H3;5H,3-4,7H2,1-2H3;4H,2-3,6H2,1H3,(H,7,8);1H. The highest BCUT2D eigenvalue weighted by molar-refractivity contribution is 9.08. The first kappa shape index (κ1) is 117. The van der Waals surface area contributed by atoms with E-state index in [1.54, 1.807) is 49.6 Å². The van der Waals surface area contributed by atoms with Crippen molar-refractivity contribution in [1.29, 1.82) is 0 Å². The van der Waals surface area contributed by atoms with Crippen LogP contribution in [0.15, 0.2) is 147 Å². The molecule has 9 N–H and O–H groups in total. The second kappa shape index (κ2) is 60.8. The van der Waals surface area contributed by atoms with E-state index < -0.39 is 46.9 Å². The van der Waals surface area contributed by atoms with Crippen LogP contribution in [-0.2, 0) is 113 Å². The van der Waals surface area contributed by atoms with Crippen molar-refractivity contribution in [3.63, 3.8) is 0 Å². The number of carboxylic acid groups (broad SMARTS) is 1. The number of aliphatic imine (C=N–C) groups is 4. The average Bonchev–Trinajstić information content (AvgIpc) is 0.875. The van der Waals surface area contributed by atoms with Gasteiger partial charge in [0.15, 0.2) is 28.9 Å². The molecule has 1 aromatic heterocycles. The molecule has 6 aliphatic rings. The molecule has 0 aliphatic carbocycles. The second-order valence-electron chi connectivity index (χ2n) is 33.0. The van der Waals surface area contributed by atoms with Crippen LogP contribution >= 0.6 is 28.3 Å². The Bertz CT molecular complexity index is 5460. The number of aliphatic hydroxyl groups excluding tert-OH is 1. The van der Waals surface area contributed by atoms with Gasteiger partial charge in [-0.05, 0) is 175 Å². The monoisotopic (exact) mass is 2000 g/mol. The Morgan fingerprint density at radius 2 is 0.935 bits per heavy atom. The Morgan fingerprint density at radius 1 is 0.511 bits per heavy atom. The van der Waals surface area contributed by atoms with Gasteiger partial charge in [-0.25, -0.2) is 44.1 Å². The van der Waals surface area contributed by atoms with Gasteiger partial charge in [0.1, 0.15) is 29.5 Å². The number of piperazine rings is 1. The predicted octanol–water partition coefficient (Wildman–Crippen LogP) is 16.2. The fraction of sp³-hybridized carbons (Fsp3) is 0.447. The number of aliphatic hydroxyl groups is 1. The molecule has 1 fully saturated rings. The van der Waals surface area contributed by atoms with E-state index in [0.717, 1.165) is 194 Å². The lowest BCUT2D eigenvalue weighted by molar-refractivity contribution is -0.384. The molecule has 7 heterocycles. The zero-order valence-corrected chi connectivity index (χ0v) is 84.3. The number of nitrogens with one attached hydrogen (secondary N) is 3. The molecular weight excluding hydrogens is 1870 g/mol. The third kappa shape index (κ3) is 36.2. The number of amides is 1. The van der Waals surface area contributed by atoms with E-state index >= 15 is 0 Å². The number of rotatable bonds is 31. The molecule has 7 aromatic rings. The maximum Gasteiger partial charge on any atom is 0.338 e. The van der Waals surface area contributed by atoms with E-state index in [4.69, 9.17) is 21.7 Å². The predicted molar refractivity (Wildman–Crippen MR) is 544 cm³/mol. The largest absolute Gasteiger partial charge is 0.480 e. The van der Waals surface area contributed by atoms with Crippen molar-refractivity contribution in [3.05, 3.63) is 205 Å². The number of methoxy groups -OCH3 is 5. The van der Waals surface area contributed by atoms with Crippen LogP contribution in [0.1, 0.15) is 244 Å². The molecule has 6 aromatic carbocycles. The van der Waals surface area contributed by atoms with Crippen molar-refractivity contribution in [2.24, 2.45) is 31.4 Å². The van der Waals surface area contributed by atoms with Gasteiger partial charge >= 0.3 is 35.8 Å². The van der Waals surface area contributed by atoms with Crippen molar-refractivity contribution in [3.8, 4) is 0 Å². The minimum absolute atomic E-state index is 0. The van der Waals surface area contributed by atoms with E-state index in [-0.39, 0.29) is 88.8 Å². The van der Waals surface area contributed by atoms with Gasteiger partial charge in [-0.15, -0.1) is 12.4 Å². The van der Waals surface area contributed by atoms with Crippen LogP contribution in [-0.4, -0.2) is 211 Å². The number of hydrogen-bond donors (Lipinski definition) is 7. The third-order valence-corrected chi connectivity index (χ3v) is 23.1. The Hall–Kier alpha value is -12.8. The molecule has 4 atom stereocenters. The van der Waals surface area contributed by atoms with E-state index in [9.17, 15) is 67.6 Å². The number of fused-ring (bicyclic) bond motifs is 5. The molecule has 139 heavy (non-hydrogen) atoms. The van der Waals surface area contributed by atoms with E-state index in [0.29, 0.717) is 92.5 Å². The highest BCUT2D eigenvalue weighted by Crippen LogP contribution is 2.34. The fourth-order valence-corrected chi connectivity index (χ4v) is 15.5. The molecule has 1 amide bonds. The van der Waals surface area contributed by atoms with Gasteiger partial charge in [-0.2, -0.15) is 0 Å². The van der Waals surface area contributed by atoms with Crippen LogP contribution in [0, 0.1) is 10.1 Å². The molecule has 4 unspecified atom stereocenters. The van der Waals surface area contributed by atoms with Crippen molar-refractivity contribution < 1.29 is 96.4 Å². The number of hydrogen-bond acceptors (Lipinski definition) is 31. The number of nitrogens with zero attached hydrogens (tertiary/aromatic N) is 8. The minimum Gasteiger partial charge on any atom is -0.480 e. The number of aliphatic carboxylic acids is 1. The Morgan fingerprint density at radius 3 is 1.35 bits per heavy atom. The number of alkyl halides is 1. The number of ether oxygens (including phenoxy) is 5.